The number of ether oxygens (including phenoxy) is 5. The van der Waals surface area contributed by atoms with Gasteiger partial charge in [-0.3, -0.25) is 14.4 Å². The highest BCUT2D eigenvalue weighted by Crippen LogP contribution is 2.65. The standard InChI is InChI=1S/C26H34O10/c1-12-10-17(30)21(33-15(4)28)24(6)18(32-14(3)27)9-8-13(2)20(24)22(34-16(5)29)26-19(11-12)35-23(31)25(26,7)36-26/h8,11,17-22,30H,9-10H2,1-7H3. The molecule has 2 aliphatic carbocycles. The van der Waals surface area contributed by atoms with E-state index in [1.807, 2.05) is 13.0 Å². The van der Waals surface area contributed by atoms with Crippen molar-refractivity contribution in [1.82, 2.24) is 0 Å². The maximum atomic E-state index is 12.9. The Labute approximate surface area is 209 Å². The number of aliphatic hydroxyl groups is 1. The number of rotatable bonds is 3. The van der Waals surface area contributed by atoms with E-state index in [0.29, 0.717) is 5.57 Å². The number of carbonyl (C=O) groups is 4. The number of epoxide rings is 1. The third kappa shape index (κ3) is 3.76. The summed E-state index contributed by atoms with van der Waals surface area (Å²) in [7, 11) is 0. The molecular formula is C26H34O10. The van der Waals surface area contributed by atoms with Gasteiger partial charge in [-0.05, 0) is 33.3 Å². The second kappa shape index (κ2) is 8.69. The fourth-order valence-corrected chi connectivity index (χ4v) is 6.62. The van der Waals surface area contributed by atoms with Gasteiger partial charge in [0.05, 0.1) is 11.5 Å². The quantitative estimate of drug-likeness (QED) is 0.261. The first-order valence-corrected chi connectivity index (χ1v) is 12.1. The number of hydrogen-bond acceptors (Lipinski definition) is 10. The van der Waals surface area contributed by atoms with Crippen molar-refractivity contribution in [2.24, 2.45) is 11.3 Å². The van der Waals surface area contributed by atoms with E-state index in [-0.39, 0.29) is 12.8 Å². The highest BCUT2D eigenvalue weighted by atomic mass is 16.7. The Morgan fingerprint density at radius 2 is 1.58 bits per heavy atom. The number of hydrogen-bond donors (Lipinski definition) is 1. The van der Waals surface area contributed by atoms with Crippen molar-refractivity contribution in [3.63, 3.8) is 0 Å². The van der Waals surface area contributed by atoms with Crippen LogP contribution in [0.4, 0.5) is 0 Å². The lowest BCUT2D eigenvalue weighted by Gasteiger charge is -2.53. The van der Waals surface area contributed by atoms with E-state index in [4.69, 9.17) is 23.7 Å². The molecule has 2 saturated heterocycles. The lowest BCUT2D eigenvalue weighted by molar-refractivity contribution is -0.209. The second-order valence-electron chi connectivity index (χ2n) is 10.7. The maximum absolute atomic E-state index is 12.9. The Morgan fingerprint density at radius 3 is 2.14 bits per heavy atom. The van der Waals surface area contributed by atoms with Crippen molar-refractivity contribution < 1.29 is 48.0 Å². The van der Waals surface area contributed by atoms with E-state index in [1.54, 1.807) is 26.8 Å². The molecule has 9 unspecified atom stereocenters. The van der Waals surface area contributed by atoms with E-state index in [9.17, 15) is 24.3 Å². The van der Waals surface area contributed by atoms with Gasteiger partial charge in [-0.25, -0.2) is 4.79 Å². The molecule has 9 atom stereocenters. The summed E-state index contributed by atoms with van der Waals surface area (Å²) >= 11 is 0. The predicted molar refractivity (Wildman–Crippen MR) is 123 cm³/mol. The van der Waals surface area contributed by atoms with Crippen molar-refractivity contribution in [3.8, 4) is 0 Å². The average molecular weight is 507 g/mol. The van der Waals surface area contributed by atoms with Crippen LogP contribution in [0.5, 0.6) is 0 Å². The van der Waals surface area contributed by atoms with E-state index in [2.05, 4.69) is 0 Å². The summed E-state index contributed by atoms with van der Waals surface area (Å²) in [6.45, 7) is 10.7. The van der Waals surface area contributed by atoms with Crippen molar-refractivity contribution >= 4 is 23.9 Å². The van der Waals surface area contributed by atoms with E-state index >= 15 is 0 Å². The zero-order chi connectivity index (χ0) is 26.8. The molecular weight excluding hydrogens is 472 g/mol. The lowest BCUT2D eigenvalue weighted by Crippen LogP contribution is -2.64. The lowest BCUT2D eigenvalue weighted by atomic mass is 9.56. The maximum Gasteiger partial charge on any atom is 0.342 e. The number of esters is 4. The Kier molecular flexibility index (Phi) is 6.36. The van der Waals surface area contributed by atoms with Crippen LogP contribution >= 0.6 is 0 Å². The highest BCUT2D eigenvalue weighted by Gasteiger charge is 2.87. The highest BCUT2D eigenvalue weighted by molar-refractivity contribution is 5.89. The molecule has 0 saturated carbocycles. The van der Waals surface area contributed by atoms with Crippen molar-refractivity contribution in [2.75, 3.05) is 0 Å². The Balaban J connectivity index is 2.02. The molecule has 0 aromatic rings. The molecule has 198 valence electrons. The topological polar surface area (TPSA) is 138 Å². The minimum atomic E-state index is -1.38. The van der Waals surface area contributed by atoms with Crippen LogP contribution < -0.4 is 0 Å². The summed E-state index contributed by atoms with van der Waals surface area (Å²) in [5, 5.41) is 11.4. The predicted octanol–water partition coefficient (Wildman–Crippen LogP) is 1.92. The first kappa shape index (κ1) is 26.3. The summed E-state index contributed by atoms with van der Waals surface area (Å²) < 4.78 is 29.3. The van der Waals surface area contributed by atoms with Gasteiger partial charge in [0.2, 0.25) is 0 Å². The van der Waals surface area contributed by atoms with Gasteiger partial charge in [0, 0.05) is 33.1 Å². The number of aliphatic hydroxyl groups excluding tert-OH is 1. The molecule has 0 aromatic carbocycles. The van der Waals surface area contributed by atoms with Crippen LogP contribution in [0.25, 0.3) is 0 Å². The van der Waals surface area contributed by atoms with Crippen molar-refractivity contribution in [2.45, 2.75) is 103 Å². The Morgan fingerprint density at radius 1 is 1.00 bits per heavy atom. The summed E-state index contributed by atoms with van der Waals surface area (Å²) in [5.41, 5.74) is -2.60. The number of carbonyl (C=O) groups excluding carboxylic acids is 4. The van der Waals surface area contributed by atoms with Gasteiger partial charge in [-0.1, -0.05) is 24.1 Å². The average Bonchev–Trinajstić information content (AvgIpc) is 3.33. The molecule has 2 aliphatic heterocycles. The summed E-state index contributed by atoms with van der Waals surface area (Å²) in [6.07, 6.45) is -1.24. The van der Waals surface area contributed by atoms with Gasteiger partial charge in [0.1, 0.15) is 18.3 Å². The third-order valence-corrected chi connectivity index (χ3v) is 8.18. The fraction of sp³-hybridized carbons (Fsp3) is 0.692. The van der Waals surface area contributed by atoms with Crippen LogP contribution in [0.1, 0.15) is 61.3 Å². The van der Waals surface area contributed by atoms with Gasteiger partial charge in [-0.15, -0.1) is 0 Å². The van der Waals surface area contributed by atoms with Gasteiger partial charge >= 0.3 is 23.9 Å². The minimum Gasteiger partial charge on any atom is -0.461 e. The molecule has 0 aromatic heterocycles. The van der Waals surface area contributed by atoms with Crippen LogP contribution in [0.3, 0.4) is 0 Å². The van der Waals surface area contributed by atoms with E-state index in [1.165, 1.54) is 20.8 Å². The van der Waals surface area contributed by atoms with E-state index < -0.39 is 76.9 Å². The molecule has 0 amide bonds. The zero-order valence-electron chi connectivity index (χ0n) is 21.7. The van der Waals surface area contributed by atoms with Gasteiger partial charge in [0.15, 0.2) is 17.3 Å². The molecule has 4 rings (SSSR count). The molecule has 1 spiro atoms. The van der Waals surface area contributed by atoms with Crippen LogP contribution in [-0.4, -0.2) is 70.7 Å². The fourth-order valence-electron chi connectivity index (χ4n) is 6.62. The van der Waals surface area contributed by atoms with Gasteiger partial charge in [-0.2, -0.15) is 0 Å². The minimum absolute atomic E-state index is 0.0921. The molecule has 0 radical (unpaired) electrons. The third-order valence-electron chi connectivity index (χ3n) is 8.18. The van der Waals surface area contributed by atoms with Gasteiger partial charge in [0.25, 0.3) is 0 Å². The molecule has 0 bridgehead atoms. The van der Waals surface area contributed by atoms with Gasteiger partial charge < -0.3 is 28.8 Å². The molecule has 10 nitrogen and oxygen atoms in total. The monoisotopic (exact) mass is 506 g/mol. The molecule has 10 heteroatoms. The first-order chi connectivity index (χ1) is 16.7. The van der Waals surface area contributed by atoms with Crippen LogP contribution in [0.2, 0.25) is 0 Å². The second-order valence-corrected chi connectivity index (χ2v) is 10.7. The Hall–Kier alpha value is -2.72. The van der Waals surface area contributed by atoms with Crippen LogP contribution in [-0.2, 0) is 42.9 Å². The molecule has 2 heterocycles. The van der Waals surface area contributed by atoms with E-state index in [0.717, 1.165) is 5.57 Å². The smallest absolute Gasteiger partial charge is 0.342 e. The first-order valence-electron chi connectivity index (χ1n) is 12.1. The van der Waals surface area contributed by atoms with Crippen molar-refractivity contribution in [3.05, 3.63) is 23.3 Å². The van der Waals surface area contributed by atoms with Crippen LogP contribution in [0, 0.1) is 11.3 Å². The SMILES string of the molecule is CC(=O)OC1CC=C(C)C2C(OC(C)=O)C34OC3(C)C(=O)OC4C=C(C)CC(O)C(OC(C)=O)C12C. The van der Waals surface area contributed by atoms with Crippen LogP contribution in [0.15, 0.2) is 23.3 Å². The number of fused-ring (bicyclic) bond motifs is 1. The molecule has 36 heavy (non-hydrogen) atoms. The Bertz CT molecular complexity index is 1060. The molecule has 4 aliphatic rings. The summed E-state index contributed by atoms with van der Waals surface area (Å²) in [4.78, 5) is 49.8. The normalized spacial score (nSPS) is 43.4. The van der Waals surface area contributed by atoms with Crippen molar-refractivity contribution in [1.29, 1.82) is 0 Å². The summed E-state index contributed by atoms with van der Waals surface area (Å²) in [5.74, 6) is -3.15. The largest absolute Gasteiger partial charge is 0.461 e. The molecule has 1 N–H and O–H groups in total. The molecule has 2 fully saturated rings. The zero-order valence-corrected chi connectivity index (χ0v) is 21.7. The summed E-state index contributed by atoms with van der Waals surface area (Å²) in [6, 6.07) is 0.